The van der Waals surface area contributed by atoms with Gasteiger partial charge in [-0.25, -0.2) is 10.5 Å². The van der Waals surface area contributed by atoms with Crippen LogP contribution in [0.2, 0.25) is 0 Å². The fourth-order valence-electron chi connectivity index (χ4n) is 2.17. The first-order valence-electron chi connectivity index (χ1n) is 5.80. The first kappa shape index (κ1) is 16.3. The predicted molar refractivity (Wildman–Crippen MR) is 63.0 cm³/mol. The molecule has 1 saturated carbocycles. The molecule has 0 aromatic carbocycles. The Balaban J connectivity index is 0.00000225. The zero-order chi connectivity index (χ0) is 11.1. The Kier molecular flexibility index (Phi) is 9.45. The fourth-order valence-corrected chi connectivity index (χ4v) is 2.17. The molecule has 2 heteroatoms. The molecule has 16 heavy (non-hydrogen) atoms. The van der Waals surface area contributed by atoms with Crippen LogP contribution in [0.4, 0.5) is 4.39 Å². The van der Waals surface area contributed by atoms with Crippen LogP contribution >= 0.6 is 0 Å². The Morgan fingerprint density at radius 1 is 1.31 bits per heavy atom. The van der Waals surface area contributed by atoms with Gasteiger partial charge in [0.1, 0.15) is 0 Å². The molecule has 1 rings (SSSR count). The van der Waals surface area contributed by atoms with Gasteiger partial charge in [-0.2, -0.15) is 12.7 Å². The van der Waals surface area contributed by atoms with Crippen molar-refractivity contribution in [3.05, 3.63) is 36.7 Å². The van der Waals surface area contributed by atoms with Crippen LogP contribution in [0.1, 0.15) is 44.9 Å². The number of allylic oxidation sites excluding steroid dienone is 4. The van der Waals surface area contributed by atoms with Gasteiger partial charge in [0.25, 0.3) is 0 Å². The Labute approximate surface area is 124 Å². The maximum absolute atomic E-state index is 12.8. The van der Waals surface area contributed by atoms with Gasteiger partial charge < -0.3 is 0 Å². The summed E-state index contributed by atoms with van der Waals surface area (Å²) in [5.74, 6) is 0.434. The topological polar surface area (TPSA) is 0 Å². The summed E-state index contributed by atoms with van der Waals surface area (Å²) in [5.41, 5.74) is 0.856. The van der Waals surface area contributed by atoms with Crippen molar-refractivity contribution in [2.24, 2.45) is 5.92 Å². The van der Waals surface area contributed by atoms with Gasteiger partial charge in [-0.15, -0.1) is 12.2 Å². The predicted octanol–water partition coefficient (Wildman–Crippen LogP) is 4.74. The van der Waals surface area contributed by atoms with Gasteiger partial charge in [0.2, 0.25) is 0 Å². The van der Waals surface area contributed by atoms with E-state index in [4.69, 9.17) is 0 Å². The average molecular weight is 296 g/mol. The van der Waals surface area contributed by atoms with E-state index in [0.717, 1.165) is 24.3 Å². The van der Waals surface area contributed by atoms with Crippen LogP contribution in [0.15, 0.2) is 30.6 Å². The van der Waals surface area contributed by atoms with Crippen LogP contribution in [0, 0.1) is 12.0 Å². The van der Waals surface area contributed by atoms with E-state index < -0.39 is 5.83 Å². The minimum atomic E-state index is -0.399. The first-order valence-corrected chi connectivity index (χ1v) is 5.80. The zero-order valence-corrected chi connectivity index (χ0v) is 12.8. The summed E-state index contributed by atoms with van der Waals surface area (Å²) in [4.78, 5) is 0. The maximum atomic E-state index is 12.8. The largest absolute Gasteiger partial charge is 0.250 e. The average Bonchev–Trinajstić information content (AvgIpc) is 2.27. The minimum Gasteiger partial charge on any atom is -0.250 e. The Morgan fingerprint density at radius 2 is 1.94 bits per heavy atom. The van der Waals surface area contributed by atoms with Crippen molar-refractivity contribution in [2.45, 2.75) is 44.9 Å². The van der Waals surface area contributed by atoms with E-state index >= 15 is 0 Å². The second-order valence-corrected chi connectivity index (χ2v) is 4.37. The summed E-state index contributed by atoms with van der Waals surface area (Å²) in [6.07, 6.45) is 12.5. The van der Waals surface area contributed by atoms with Crippen LogP contribution in [0.25, 0.3) is 0 Å². The van der Waals surface area contributed by atoms with E-state index in [-0.39, 0.29) is 32.7 Å². The number of hydrogen-bond donors (Lipinski definition) is 0. The fraction of sp³-hybridized carbons (Fsp3) is 0.571. The molecule has 0 bridgehead atoms. The smallest absolute Gasteiger partial charge is 0 e. The first-order chi connectivity index (χ1) is 7.22. The second kappa shape index (κ2) is 9.30. The number of rotatable bonds is 5. The van der Waals surface area contributed by atoms with Gasteiger partial charge in [-0.3, -0.25) is 0 Å². The minimum absolute atomic E-state index is 0. The molecule has 0 spiro atoms. The third-order valence-electron chi connectivity index (χ3n) is 3.10. The molecule has 87 valence electrons. The van der Waals surface area contributed by atoms with Crippen molar-refractivity contribution >= 4 is 0 Å². The molecule has 1 radical (unpaired) electrons. The van der Waals surface area contributed by atoms with Crippen molar-refractivity contribution in [3.8, 4) is 0 Å². The summed E-state index contributed by atoms with van der Waals surface area (Å²) in [6, 6.07) is 0. The molecule has 0 aromatic heterocycles. The molecule has 0 aromatic rings. The van der Waals surface area contributed by atoms with Gasteiger partial charge in [0, 0.05) is 32.7 Å². The summed E-state index contributed by atoms with van der Waals surface area (Å²) >= 11 is 0. The molecule has 1 fully saturated rings. The molecule has 1 aliphatic rings. The normalized spacial score (nSPS) is 17.7. The summed E-state index contributed by atoms with van der Waals surface area (Å²) in [5, 5.41) is 0. The van der Waals surface area contributed by atoms with Gasteiger partial charge in [0.15, 0.2) is 0 Å². The Bertz CT molecular complexity index is 249. The third kappa shape index (κ3) is 6.75. The molecule has 0 nitrogen and oxygen atoms in total. The monoisotopic (exact) mass is 296 g/mol. The van der Waals surface area contributed by atoms with E-state index in [1.54, 1.807) is 0 Å². The molecule has 0 atom stereocenters. The molecule has 0 amide bonds. The summed E-state index contributed by atoms with van der Waals surface area (Å²) in [7, 11) is 0. The van der Waals surface area contributed by atoms with Crippen LogP contribution < -0.4 is 0 Å². The van der Waals surface area contributed by atoms with E-state index in [1.807, 2.05) is 0 Å². The van der Waals surface area contributed by atoms with Gasteiger partial charge >= 0.3 is 0 Å². The zero-order valence-electron chi connectivity index (χ0n) is 9.97. The van der Waals surface area contributed by atoms with Crippen molar-refractivity contribution in [1.82, 2.24) is 0 Å². The molecule has 0 aliphatic heterocycles. The Morgan fingerprint density at radius 3 is 2.50 bits per heavy atom. The molecule has 0 N–H and O–H groups in total. The second-order valence-electron chi connectivity index (χ2n) is 4.37. The van der Waals surface area contributed by atoms with E-state index in [9.17, 15) is 4.39 Å². The van der Waals surface area contributed by atoms with Gasteiger partial charge in [-0.1, -0.05) is 32.1 Å². The molecule has 0 saturated heterocycles. The maximum Gasteiger partial charge on any atom is 0 e. The van der Waals surface area contributed by atoms with Crippen LogP contribution in [0.5, 0.6) is 0 Å². The van der Waals surface area contributed by atoms with Crippen molar-refractivity contribution < 1.29 is 37.1 Å². The van der Waals surface area contributed by atoms with Crippen LogP contribution in [0.3, 0.4) is 0 Å². The van der Waals surface area contributed by atoms with E-state index in [1.165, 1.54) is 38.2 Å². The van der Waals surface area contributed by atoms with E-state index in [0.29, 0.717) is 0 Å². The molecular formula is C14H20FY-. The van der Waals surface area contributed by atoms with Crippen molar-refractivity contribution in [1.29, 1.82) is 0 Å². The quantitative estimate of drug-likeness (QED) is 0.507. The van der Waals surface area contributed by atoms with E-state index in [2.05, 4.69) is 19.2 Å². The number of hydrogen-bond acceptors (Lipinski definition) is 0. The van der Waals surface area contributed by atoms with Crippen molar-refractivity contribution in [3.63, 3.8) is 0 Å². The molecular weight excluding hydrogens is 276 g/mol. The van der Waals surface area contributed by atoms with Gasteiger partial charge in [-0.05, 0) is 24.6 Å². The van der Waals surface area contributed by atoms with Crippen LogP contribution in [-0.4, -0.2) is 0 Å². The standard InChI is InChI=1S/C14H20F.Y/c1-3-14(15)11-12(2)9-10-13-7-5-4-6-8-13;/h11,13H,1-2,4-10H2;/q-1;/b14-11+;. The SMILES string of the molecule is C=[C-]/C(F)=C\C(=C)CCC1CCCCC1.[Y]. The van der Waals surface area contributed by atoms with Crippen molar-refractivity contribution in [2.75, 3.05) is 0 Å². The summed E-state index contributed by atoms with van der Waals surface area (Å²) in [6.45, 7) is 7.10. The summed E-state index contributed by atoms with van der Waals surface area (Å²) < 4.78 is 12.8. The Hall–Kier alpha value is 0.254. The van der Waals surface area contributed by atoms with Crippen LogP contribution in [-0.2, 0) is 32.7 Å². The number of halogens is 1. The van der Waals surface area contributed by atoms with Gasteiger partial charge in [0.05, 0.1) is 0 Å². The molecule has 1 aliphatic carbocycles. The molecule has 0 unspecified atom stereocenters. The molecule has 0 heterocycles. The third-order valence-corrected chi connectivity index (χ3v) is 3.10.